The number of ether oxygens (including phenoxy) is 1. The Labute approximate surface area is 238 Å². The molecule has 5 heteroatoms. The summed E-state index contributed by atoms with van der Waals surface area (Å²) in [6, 6.07) is 44.2. The number of halogens is 1. The minimum Gasteiger partial charge on any atom is -0.439 e. The molecule has 4 nitrogen and oxygen atoms in total. The Kier molecular flexibility index (Phi) is 5.25. The summed E-state index contributed by atoms with van der Waals surface area (Å²) < 4.78 is 11.9. The minimum absolute atomic E-state index is 0.568. The number of fused-ring (bicyclic) bond motifs is 7. The van der Waals surface area contributed by atoms with Crippen LogP contribution in [0.1, 0.15) is 0 Å². The standard InChI is InChI=1S/C35H22BrN3O/c36-23-16-17-29-32(21-23)38(25-11-8-12-26(22-25)40-33-15-6-7-20-37-33)31-19-18-28-27-13-4-5-14-30(27)39(35(28)34(29)31)24-9-2-1-3-10-24/h1-22H. The molecule has 8 rings (SSSR count). The van der Waals surface area contributed by atoms with E-state index in [1.807, 2.05) is 30.3 Å². The lowest BCUT2D eigenvalue weighted by molar-refractivity contribution is 0.463. The molecule has 0 spiro atoms. The second kappa shape index (κ2) is 9.11. The zero-order chi connectivity index (χ0) is 26.6. The zero-order valence-corrected chi connectivity index (χ0v) is 22.9. The first-order chi connectivity index (χ1) is 19.8. The highest BCUT2D eigenvalue weighted by atomic mass is 79.9. The van der Waals surface area contributed by atoms with Gasteiger partial charge in [-0.05, 0) is 54.6 Å². The van der Waals surface area contributed by atoms with E-state index in [9.17, 15) is 0 Å². The van der Waals surface area contributed by atoms with Gasteiger partial charge < -0.3 is 13.9 Å². The molecule has 5 aromatic carbocycles. The Hall–Kier alpha value is -4.87. The predicted molar refractivity (Wildman–Crippen MR) is 167 cm³/mol. The molecule has 0 aliphatic carbocycles. The lowest BCUT2D eigenvalue weighted by Gasteiger charge is -2.11. The molecule has 0 aliphatic heterocycles. The van der Waals surface area contributed by atoms with Crippen molar-refractivity contribution in [3.63, 3.8) is 0 Å². The second-order valence-corrected chi connectivity index (χ2v) is 10.7. The summed E-state index contributed by atoms with van der Waals surface area (Å²) >= 11 is 3.73. The molecule has 0 atom stereocenters. The monoisotopic (exact) mass is 579 g/mol. The topological polar surface area (TPSA) is 32.0 Å². The predicted octanol–water partition coefficient (Wildman–Crippen LogP) is 9.83. The molecule has 0 amide bonds. The van der Waals surface area contributed by atoms with Gasteiger partial charge in [-0.3, -0.25) is 0 Å². The van der Waals surface area contributed by atoms with Crippen LogP contribution in [0.15, 0.2) is 138 Å². The van der Waals surface area contributed by atoms with E-state index in [0.717, 1.165) is 32.6 Å². The van der Waals surface area contributed by atoms with Gasteiger partial charge in [0, 0.05) is 55.7 Å². The summed E-state index contributed by atoms with van der Waals surface area (Å²) in [6.45, 7) is 0. The first-order valence-corrected chi connectivity index (χ1v) is 14.0. The van der Waals surface area contributed by atoms with Gasteiger partial charge in [-0.1, -0.05) is 76.6 Å². The van der Waals surface area contributed by atoms with E-state index in [4.69, 9.17) is 4.74 Å². The molecule has 0 fully saturated rings. The Balaban J connectivity index is 1.48. The fourth-order valence-corrected chi connectivity index (χ4v) is 6.22. The fourth-order valence-electron chi connectivity index (χ4n) is 5.87. The van der Waals surface area contributed by atoms with Crippen molar-refractivity contribution in [1.29, 1.82) is 0 Å². The van der Waals surface area contributed by atoms with E-state index in [1.54, 1.807) is 6.20 Å². The van der Waals surface area contributed by atoms with Crippen LogP contribution in [0.25, 0.3) is 55.0 Å². The van der Waals surface area contributed by atoms with Crippen molar-refractivity contribution in [3.8, 4) is 23.0 Å². The maximum Gasteiger partial charge on any atom is 0.219 e. The maximum atomic E-state index is 6.11. The molecule has 8 aromatic rings. The molecule has 0 bridgehead atoms. The van der Waals surface area contributed by atoms with Crippen molar-refractivity contribution in [2.24, 2.45) is 0 Å². The average molecular weight is 580 g/mol. The van der Waals surface area contributed by atoms with Crippen LogP contribution in [0.5, 0.6) is 11.6 Å². The maximum absolute atomic E-state index is 6.11. The quantitative estimate of drug-likeness (QED) is 0.208. The van der Waals surface area contributed by atoms with E-state index in [-0.39, 0.29) is 0 Å². The molecule has 3 aromatic heterocycles. The third-order valence-electron chi connectivity index (χ3n) is 7.48. The summed E-state index contributed by atoms with van der Waals surface area (Å²) in [7, 11) is 0. The van der Waals surface area contributed by atoms with Crippen molar-refractivity contribution in [2.75, 3.05) is 0 Å². The van der Waals surface area contributed by atoms with Gasteiger partial charge in [-0.15, -0.1) is 0 Å². The molecule has 0 unspecified atom stereocenters. The van der Waals surface area contributed by atoms with Gasteiger partial charge in [-0.2, -0.15) is 0 Å². The molecule has 0 N–H and O–H groups in total. The van der Waals surface area contributed by atoms with Crippen molar-refractivity contribution in [1.82, 2.24) is 14.1 Å². The highest BCUT2D eigenvalue weighted by molar-refractivity contribution is 9.10. The Bertz CT molecular complexity index is 2200. The number of hydrogen-bond acceptors (Lipinski definition) is 2. The summed E-state index contributed by atoms with van der Waals surface area (Å²) in [6.07, 6.45) is 1.74. The lowest BCUT2D eigenvalue weighted by Crippen LogP contribution is -1.96. The molecule has 0 radical (unpaired) electrons. The van der Waals surface area contributed by atoms with Gasteiger partial charge in [0.05, 0.1) is 22.1 Å². The van der Waals surface area contributed by atoms with Crippen LogP contribution in [-0.2, 0) is 0 Å². The Morgan fingerprint density at radius 2 is 1.35 bits per heavy atom. The largest absolute Gasteiger partial charge is 0.439 e. The van der Waals surface area contributed by atoms with Crippen molar-refractivity contribution >= 4 is 59.5 Å². The van der Waals surface area contributed by atoms with Crippen LogP contribution in [0.4, 0.5) is 0 Å². The van der Waals surface area contributed by atoms with Gasteiger partial charge in [0.2, 0.25) is 5.88 Å². The lowest BCUT2D eigenvalue weighted by atomic mass is 10.1. The third kappa shape index (κ3) is 3.55. The van der Waals surface area contributed by atoms with Gasteiger partial charge >= 0.3 is 0 Å². The number of benzene rings is 5. The molecular weight excluding hydrogens is 558 g/mol. The SMILES string of the molecule is Brc1ccc2c3c(ccc4c5ccccc5n(-c5ccccc5)c43)n(-c3cccc(Oc4ccccn4)c3)c2c1. The highest BCUT2D eigenvalue weighted by Gasteiger charge is 2.21. The number of rotatable bonds is 4. The van der Waals surface area contributed by atoms with Crippen LogP contribution in [0.2, 0.25) is 0 Å². The smallest absolute Gasteiger partial charge is 0.219 e. The second-order valence-electron chi connectivity index (χ2n) is 9.81. The zero-order valence-electron chi connectivity index (χ0n) is 21.3. The van der Waals surface area contributed by atoms with Gasteiger partial charge in [0.25, 0.3) is 0 Å². The van der Waals surface area contributed by atoms with Gasteiger partial charge in [0.1, 0.15) is 5.75 Å². The first kappa shape index (κ1) is 23.1. The van der Waals surface area contributed by atoms with Gasteiger partial charge in [-0.25, -0.2) is 4.98 Å². The molecular formula is C35H22BrN3O. The van der Waals surface area contributed by atoms with Crippen LogP contribution in [-0.4, -0.2) is 14.1 Å². The molecule has 0 aliphatic rings. The van der Waals surface area contributed by atoms with E-state index >= 15 is 0 Å². The number of para-hydroxylation sites is 2. The van der Waals surface area contributed by atoms with Crippen molar-refractivity contribution < 1.29 is 4.74 Å². The van der Waals surface area contributed by atoms with E-state index in [2.05, 4.69) is 127 Å². The van der Waals surface area contributed by atoms with Crippen LogP contribution in [0, 0.1) is 0 Å². The Morgan fingerprint density at radius 3 is 2.23 bits per heavy atom. The van der Waals surface area contributed by atoms with Crippen molar-refractivity contribution in [3.05, 3.63) is 138 Å². The third-order valence-corrected chi connectivity index (χ3v) is 7.97. The van der Waals surface area contributed by atoms with E-state index in [0.29, 0.717) is 5.88 Å². The number of nitrogens with zero attached hydrogens (tertiary/aromatic N) is 3. The minimum atomic E-state index is 0.568. The average Bonchev–Trinajstić information content (AvgIpc) is 3.50. The van der Waals surface area contributed by atoms with Crippen LogP contribution < -0.4 is 4.74 Å². The Morgan fingerprint density at radius 1 is 0.550 bits per heavy atom. The summed E-state index contributed by atoms with van der Waals surface area (Å²) in [5.74, 6) is 1.30. The molecule has 3 heterocycles. The molecule has 190 valence electrons. The first-order valence-electron chi connectivity index (χ1n) is 13.2. The number of aromatic nitrogens is 3. The fraction of sp³-hybridized carbons (Fsp3) is 0. The van der Waals surface area contributed by atoms with Crippen LogP contribution >= 0.6 is 15.9 Å². The van der Waals surface area contributed by atoms with Gasteiger partial charge in [0.15, 0.2) is 0 Å². The summed E-state index contributed by atoms with van der Waals surface area (Å²) in [5, 5.41) is 4.89. The van der Waals surface area contributed by atoms with Crippen molar-refractivity contribution in [2.45, 2.75) is 0 Å². The number of pyridine rings is 1. The normalized spacial score (nSPS) is 11.6. The molecule has 0 saturated heterocycles. The number of hydrogen-bond donors (Lipinski definition) is 0. The van der Waals surface area contributed by atoms with E-state index < -0.39 is 0 Å². The van der Waals surface area contributed by atoms with Crippen LogP contribution in [0.3, 0.4) is 0 Å². The molecule has 40 heavy (non-hydrogen) atoms. The summed E-state index contributed by atoms with van der Waals surface area (Å²) in [5.41, 5.74) is 6.82. The molecule has 0 saturated carbocycles. The van der Waals surface area contributed by atoms with E-state index in [1.165, 1.54) is 32.6 Å². The summed E-state index contributed by atoms with van der Waals surface area (Å²) in [4.78, 5) is 4.33. The highest BCUT2D eigenvalue weighted by Crippen LogP contribution is 2.42.